The quantitative estimate of drug-likeness (QED) is 0.798. The van der Waals surface area contributed by atoms with E-state index in [0.717, 1.165) is 5.39 Å². The molecule has 0 saturated heterocycles. The third kappa shape index (κ3) is 3.24. The van der Waals surface area contributed by atoms with Crippen LogP contribution in [0.2, 0.25) is 0 Å². The SMILES string of the molecule is COc1cc2c(OC3C=CC(NC(N)=O)=CC3)ccnc2cc1O. The van der Waals surface area contributed by atoms with Crippen molar-refractivity contribution in [2.75, 3.05) is 7.11 Å². The summed E-state index contributed by atoms with van der Waals surface area (Å²) in [6, 6.07) is 4.38. The van der Waals surface area contributed by atoms with Crippen LogP contribution in [-0.2, 0) is 0 Å². The van der Waals surface area contributed by atoms with E-state index >= 15 is 0 Å². The number of carbonyl (C=O) groups is 1. The number of amides is 2. The van der Waals surface area contributed by atoms with Crippen LogP contribution in [0.1, 0.15) is 6.42 Å². The Labute approximate surface area is 138 Å². The van der Waals surface area contributed by atoms with Gasteiger partial charge in [0.2, 0.25) is 0 Å². The number of rotatable bonds is 4. The van der Waals surface area contributed by atoms with Gasteiger partial charge in [0.15, 0.2) is 11.5 Å². The number of aromatic hydroxyl groups is 1. The van der Waals surface area contributed by atoms with Crippen molar-refractivity contribution < 1.29 is 19.4 Å². The molecule has 1 aliphatic rings. The van der Waals surface area contributed by atoms with Crippen molar-refractivity contribution in [3.63, 3.8) is 0 Å². The number of nitrogens with zero attached hydrogens (tertiary/aromatic N) is 1. The predicted molar refractivity (Wildman–Crippen MR) is 88.9 cm³/mol. The molecule has 0 saturated carbocycles. The number of hydrogen-bond acceptors (Lipinski definition) is 5. The van der Waals surface area contributed by atoms with Gasteiger partial charge in [-0.3, -0.25) is 4.98 Å². The summed E-state index contributed by atoms with van der Waals surface area (Å²) in [6.07, 6.45) is 7.44. The number of carbonyl (C=O) groups excluding carboxylic acids is 1. The fourth-order valence-corrected chi connectivity index (χ4v) is 2.49. The molecule has 1 unspecified atom stereocenters. The number of hydrogen-bond donors (Lipinski definition) is 3. The molecule has 3 rings (SSSR count). The fourth-order valence-electron chi connectivity index (χ4n) is 2.49. The Morgan fingerprint density at radius 3 is 2.92 bits per heavy atom. The summed E-state index contributed by atoms with van der Waals surface area (Å²) in [7, 11) is 1.49. The van der Waals surface area contributed by atoms with Gasteiger partial charge in [-0.2, -0.15) is 0 Å². The van der Waals surface area contributed by atoms with Crippen LogP contribution in [0.4, 0.5) is 4.79 Å². The lowest BCUT2D eigenvalue weighted by Gasteiger charge is -2.19. The number of pyridine rings is 1. The molecule has 2 amide bonds. The number of fused-ring (bicyclic) bond motifs is 1. The van der Waals surface area contributed by atoms with Crippen LogP contribution in [0, 0.1) is 0 Å². The van der Waals surface area contributed by atoms with Crippen LogP contribution in [0.3, 0.4) is 0 Å². The van der Waals surface area contributed by atoms with Gasteiger partial charge in [-0.05, 0) is 24.3 Å². The largest absolute Gasteiger partial charge is 0.504 e. The summed E-state index contributed by atoms with van der Waals surface area (Å²) in [5, 5.41) is 13.1. The average Bonchev–Trinajstić information content (AvgIpc) is 2.56. The number of aromatic nitrogens is 1. The molecule has 24 heavy (non-hydrogen) atoms. The molecular weight excluding hydrogens is 310 g/mol. The lowest BCUT2D eigenvalue weighted by Crippen LogP contribution is -2.29. The van der Waals surface area contributed by atoms with Gasteiger partial charge < -0.3 is 25.6 Å². The number of phenols is 1. The first-order valence-electron chi connectivity index (χ1n) is 7.34. The van der Waals surface area contributed by atoms with Crippen molar-refractivity contribution in [3.8, 4) is 17.2 Å². The first-order valence-corrected chi connectivity index (χ1v) is 7.34. The highest BCUT2D eigenvalue weighted by atomic mass is 16.5. The minimum Gasteiger partial charge on any atom is -0.504 e. The van der Waals surface area contributed by atoms with Gasteiger partial charge in [-0.15, -0.1) is 0 Å². The number of allylic oxidation sites excluding steroid dienone is 1. The predicted octanol–water partition coefficient (Wildman–Crippen LogP) is 2.21. The lowest BCUT2D eigenvalue weighted by molar-refractivity contribution is 0.248. The fraction of sp³-hybridized carbons (Fsp3) is 0.176. The number of urea groups is 1. The normalized spacial score (nSPS) is 16.5. The first kappa shape index (κ1) is 15.7. The Hall–Kier alpha value is -3.22. The van der Waals surface area contributed by atoms with E-state index in [4.69, 9.17) is 15.2 Å². The van der Waals surface area contributed by atoms with Gasteiger partial charge in [0, 0.05) is 29.8 Å². The second-order valence-corrected chi connectivity index (χ2v) is 5.25. The molecule has 0 radical (unpaired) electrons. The van der Waals surface area contributed by atoms with E-state index in [1.54, 1.807) is 24.4 Å². The van der Waals surface area contributed by atoms with Crippen molar-refractivity contribution >= 4 is 16.9 Å². The molecule has 1 aliphatic carbocycles. The molecule has 7 nitrogen and oxygen atoms in total. The Kier molecular flexibility index (Phi) is 4.24. The second kappa shape index (κ2) is 6.49. The van der Waals surface area contributed by atoms with E-state index in [-0.39, 0.29) is 11.9 Å². The van der Waals surface area contributed by atoms with E-state index < -0.39 is 6.03 Å². The number of benzene rings is 1. The van der Waals surface area contributed by atoms with Crippen LogP contribution in [0.15, 0.2) is 48.3 Å². The molecule has 4 N–H and O–H groups in total. The zero-order valence-corrected chi connectivity index (χ0v) is 13.0. The summed E-state index contributed by atoms with van der Waals surface area (Å²) in [6.45, 7) is 0. The number of methoxy groups -OCH3 is 1. The summed E-state index contributed by atoms with van der Waals surface area (Å²) in [4.78, 5) is 15.1. The number of nitrogens with two attached hydrogens (primary N) is 1. The zero-order chi connectivity index (χ0) is 17.1. The Morgan fingerprint density at radius 2 is 2.25 bits per heavy atom. The maximum absolute atomic E-state index is 10.8. The Balaban J connectivity index is 1.83. The van der Waals surface area contributed by atoms with Crippen LogP contribution >= 0.6 is 0 Å². The number of primary amides is 1. The van der Waals surface area contributed by atoms with Crippen molar-refractivity contribution in [1.29, 1.82) is 0 Å². The second-order valence-electron chi connectivity index (χ2n) is 5.25. The van der Waals surface area contributed by atoms with Crippen LogP contribution in [0.5, 0.6) is 17.2 Å². The van der Waals surface area contributed by atoms with Gasteiger partial charge >= 0.3 is 6.03 Å². The molecule has 7 heteroatoms. The highest BCUT2D eigenvalue weighted by molar-refractivity contribution is 5.88. The van der Waals surface area contributed by atoms with Crippen LogP contribution in [0.25, 0.3) is 10.9 Å². The van der Waals surface area contributed by atoms with E-state index in [9.17, 15) is 9.90 Å². The van der Waals surface area contributed by atoms with Gasteiger partial charge in [0.05, 0.1) is 12.6 Å². The molecule has 1 aromatic heterocycles. The lowest BCUT2D eigenvalue weighted by atomic mass is 10.1. The maximum atomic E-state index is 10.8. The van der Waals surface area contributed by atoms with Gasteiger partial charge in [0.25, 0.3) is 0 Å². The molecule has 124 valence electrons. The minimum absolute atomic E-state index is 0.0253. The van der Waals surface area contributed by atoms with Crippen molar-refractivity contribution in [1.82, 2.24) is 10.3 Å². The minimum atomic E-state index is -0.600. The summed E-state index contributed by atoms with van der Waals surface area (Å²) in [5.74, 6) is 1.01. The van der Waals surface area contributed by atoms with Crippen molar-refractivity contribution in [2.24, 2.45) is 5.73 Å². The van der Waals surface area contributed by atoms with E-state index in [1.165, 1.54) is 13.2 Å². The van der Waals surface area contributed by atoms with E-state index in [2.05, 4.69) is 10.3 Å². The molecule has 0 bridgehead atoms. The molecular formula is C17H17N3O4. The molecule has 1 heterocycles. The van der Waals surface area contributed by atoms with Crippen LogP contribution in [-0.4, -0.2) is 29.3 Å². The maximum Gasteiger partial charge on any atom is 0.316 e. The molecule has 0 fully saturated rings. The van der Waals surface area contributed by atoms with Gasteiger partial charge in [0.1, 0.15) is 11.9 Å². The topological polar surface area (TPSA) is 107 Å². The van der Waals surface area contributed by atoms with Crippen LogP contribution < -0.4 is 20.5 Å². The summed E-state index contributed by atoms with van der Waals surface area (Å²) < 4.78 is 11.1. The molecule has 2 aromatic rings. The first-order chi connectivity index (χ1) is 11.6. The average molecular weight is 327 g/mol. The third-order valence-electron chi connectivity index (χ3n) is 3.61. The summed E-state index contributed by atoms with van der Waals surface area (Å²) in [5.41, 5.74) is 6.34. The van der Waals surface area contributed by atoms with Gasteiger partial charge in [-0.1, -0.05) is 6.08 Å². The highest BCUT2D eigenvalue weighted by Crippen LogP contribution is 2.35. The highest BCUT2D eigenvalue weighted by Gasteiger charge is 2.14. The molecule has 1 atom stereocenters. The molecule has 1 aromatic carbocycles. The van der Waals surface area contributed by atoms with E-state index in [1.807, 2.05) is 12.2 Å². The number of ether oxygens (including phenoxy) is 2. The third-order valence-corrected chi connectivity index (χ3v) is 3.61. The Morgan fingerprint density at radius 1 is 1.42 bits per heavy atom. The number of nitrogens with one attached hydrogen (secondary N) is 1. The number of phenolic OH excluding ortho intramolecular Hbond substituents is 1. The molecule has 0 spiro atoms. The monoisotopic (exact) mass is 327 g/mol. The van der Waals surface area contributed by atoms with Crippen molar-refractivity contribution in [2.45, 2.75) is 12.5 Å². The smallest absolute Gasteiger partial charge is 0.316 e. The Bertz CT molecular complexity index is 845. The van der Waals surface area contributed by atoms with Gasteiger partial charge in [-0.25, -0.2) is 4.79 Å². The standard InChI is InChI=1S/C17H17N3O4/c1-23-16-8-12-13(9-14(16)21)19-7-6-15(12)24-11-4-2-10(3-5-11)20-17(18)22/h2-4,6-9,11,21H,5H2,1H3,(H3,18,20,22). The summed E-state index contributed by atoms with van der Waals surface area (Å²) >= 11 is 0. The molecule has 0 aliphatic heterocycles. The van der Waals surface area contributed by atoms with Crippen molar-refractivity contribution in [3.05, 3.63) is 48.3 Å². The van der Waals surface area contributed by atoms with E-state index in [0.29, 0.717) is 29.1 Å². The zero-order valence-electron chi connectivity index (χ0n) is 13.0.